The SMILES string of the molecule is Cc1oc2cc(F)c(Sc3ccccc3)cc2c1C(=O)NC(C)C(N)=O.[CH3-].[Cs+]. The van der Waals surface area contributed by atoms with Gasteiger partial charge in [-0.15, -0.1) is 0 Å². The second-order valence-corrected chi connectivity index (χ2v) is 6.94. The van der Waals surface area contributed by atoms with Gasteiger partial charge in [-0.25, -0.2) is 4.39 Å². The average molecular weight is 520 g/mol. The van der Waals surface area contributed by atoms with Gasteiger partial charge in [0, 0.05) is 21.2 Å². The van der Waals surface area contributed by atoms with Crippen LogP contribution in [0.3, 0.4) is 0 Å². The fourth-order valence-corrected chi connectivity index (χ4v) is 3.42. The Morgan fingerprint density at radius 3 is 2.46 bits per heavy atom. The average Bonchev–Trinajstić information content (AvgIpc) is 2.90. The van der Waals surface area contributed by atoms with Crippen LogP contribution >= 0.6 is 11.8 Å². The molecule has 0 aliphatic carbocycles. The van der Waals surface area contributed by atoms with Gasteiger partial charge in [-0.05, 0) is 32.0 Å². The first kappa shape index (κ1) is 25.3. The Balaban J connectivity index is 0.00000196. The Hall–Kier alpha value is -0.748. The Labute approximate surface area is 226 Å². The van der Waals surface area contributed by atoms with Crippen molar-refractivity contribution >= 4 is 34.5 Å². The number of fused-ring (bicyclic) bond motifs is 1. The fraction of sp³-hybridized carbons (Fsp3) is 0.150. The van der Waals surface area contributed by atoms with Gasteiger partial charge in [0.1, 0.15) is 23.2 Å². The van der Waals surface area contributed by atoms with E-state index in [1.54, 1.807) is 13.0 Å². The van der Waals surface area contributed by atoms with E-state index in [-0.39, 0.29) is 87.5 Å². The molecule has 1 aromatic heterocycles. The minimum absolute atomic E-state index is 0. The van der Waals surface area contributed by atoms with Crippen LogP contribution in [0.1, 0.15) is 23.0 Å². The molecule has 0 spiro atoms. The molecular weight excluding hydrogens is 500 g/mol. The molecule has 0 saturated heterocycles. The van der Waals surface area contributed by atoms with Crippen LogP contribution < -0.4 is 79.9 Å². The molecule has 1 atom stereocenters. The third-order valence-electron chi connectivity index (χ3n) is 3.89. The van der Waals surface area contributed by atoms with E-state index < -0.39 is 23.7 Å². The molecule has 0 bridgehead atoms. The number of primary amides is 1. The standard InChI is InChI=1S/C19H17FN2O3S.CH3.Cs/c1-10(18(21)23)22-19(24)17-11(2)25-15-9-14(20)16(8-13(15)17)26-12-6-4-3-5-7-12;;/h3-10H,1-2H3,(H2,21,23)(H,22,24);1H3;/q;-1;+1. The number of nitrogens with two attached hydrogens (primary N) is 1. The molecule has 28 heavy (non-hydrogen) atoms. The van der Waals surface area contributed by atoms with Gasteiger partial charge >= 0.3 is 68.9 Å². The van der Waals surface area contributed by atoms with Crippen LogP contribution in [-0.2, 0) is 4.79 Å². The summed E-state index contributed by atoms with van der Waals surface area (Å²) in [4.78, 5) is 25.0. The van der Waals surface area contributed by atoms with E-state index in [1.165, 1.54) is 24.8 Å². The summed E-state index contributed by atoms with van der Waals surface area (Å²) in [5.41, 5.74) is 5.73. The zero-order chi connectivity index (χ0) is 18.8. The number of nitrogens with one attached hydrogen (secondary N) is 1. The van der Waals surface area contributed by atoms with E-state index in [1.807, 2.05) is 30.3 Å². The van der Waals surface area contributed by atoms with Crippen molar-refractivity contribution in [1.29, 1.82) is 0 Å². The van der Waals surface area contributed by atoms with E-state index in [9.17, 15) is 14.0 Å². The van der Waals surface area contributed by atoms with Crippen molar-refractivity contribution < 1.29 is 87.3 Å². The molecule has 0 aliphatic rings. The number of rotatable bonds is 5. The van der Waals surface area contributed by atoms with Crippen LogP contribution in [0.5, 0.6) is 0 Å². The predicted octanol–water partition coefficient (Wildman–Crippen LogP) is 1.09. The molecule has 0 radical (unpaired) electrons. The first-order valence-electron chi connectivity index (χ1n) is 7.92. The number of aryl methyl sites for hydroxylation is 1. The van der Waals surface area contributed by atoms with Crippen molar-refractivity contribution in [2.24, 2.45) is 5.73 Å². The number of hydrogen-bond donors (Lipinski definition) is 2. The van der Waals surface area contributed by atoms with Crippen molar-refractivity contribution in [1.82, 2.24) is 5.32 Å². The molecule has 0 fully saturated rings. The summed E-state index contributed by atoms with van der Waals surface area (Å²) in [6.45, 7) is 3.11. The van der Waals surface area contributed by atoms with Crippen LogP contribution in [0.4, 0.5) is 4.39 Å². The fourth-order valence-electron chi connectivity index (χ4n) is 2.54. The van der Waals surface area contributed by atoms with Gasteiger partial charge < -0.3 is 22.9 Å². The number of benzene rings is 2. The van der Waals surface area contributed by atoms with Crippen molar-refractivity contribution in [3.63, 3.8) is 0 Å². The van der Waals surface area contributed by atoms with Crippen LogP contribution in [0, 0.1) is 20.2 Å². The van der Waals surface area contributed by atoms with Gasteiger partial charge in [-0.1, -0.05) is 30.0 Å². The Morgan fingerprint density at radius 1 is 1.21 bits per heavy atom. The van der Waals surface area contributed by atoms with E-state index in [2.05, 4.69) is 5.32 Å². The molecule has 1 heterocycles. The summed E-state index contributed by atoms with van der Waals surface area (Å²) >= 11 is 1.26. The van der Waals surface area contributed by atoms with Gasteiger partial charge in [0.05, 0.1) is 5.56 Å². The topological polar surface area (TPSA) is 85.3 Å². The summed E-state index contributed by atoms with van der Waals surface area (Å²) in [7, 11) is 0. The van der Waals surface area contributed by atoms with E-state index in [0.717, 1.165) is 4.90 Å². The molecule has 0 saturated carbocycles. The minimum Gasteiger partial charge on any atom is -0.460 e. The van der Waals surface area contributed by atoms with Crippen molar-refractivity contribution in [2.75, 3.05) is 0 Å². The summed E-state index contributed by atoms with van der Waals surface area (Å²) in [5.74, 6) is -1.22. The molecule has 142 valence electrons. The Bertz CT molecular complexity index is 992. The number of furan rings is 1. The van der Waals surface area contributed by atoms with Crippen molar-refractivity contribution in [2.45, 2.75) is 29.7 Å². The molecule has 3 rings (SSSR count). The molecule has 1 unspecified atom stereocenters. The number of halogens is 1. The number of amides is 2. The first-order chi connectivity index (χ1) is 12.4. The number of hydrogen-bond acceptors (Lipinski definition) is 4. The molecule has 3 N–H and O–H groups in total. The van der Waals surface area contributed by atoms with Crippen LogP contribution in [-0.4, -0.2) is 17.9 Å². The van der Waals surface area contributed by atoms with Crippen LogP contribution in [0.25, 0.3) is 11.0 Å². The maximum absolute atomic E-state index is 14.4. The molecule has 3 aromatic rings. The first-order valence-corrected chi connectivity index (χ1v) is 8.74. The predicted molar refractivity (Wildman–Crippen MR) is 104 cm³/mol. The van der Waals surface area contributed by atoms with Gasteiger partial charge in [0.25, 0.3) is 5.91 Å². The zero-order valence-corrected chi connectivity index (χ0v) is 23.3. The summed E-state index contributed by atoms with van der Waals surface area (Å²) in [5, 5.41) is 3.01. The molecular formula is C20H20CsFN2O3S. The van der Waals surface area contributed by atoms with E-state index >= 15 is 0 Å². The number of carbonyl (C=O) groups is 2. The van der Waals surface area contributed by atoms with Crippen LogP contribution in [0.15, 0.2) is 56.7 Å². The smallest absolute Gasteiger partial charge is 0.460 e. The van der Waals surface area contributed by atoms with Gasteiger partial charge in [0.2, 0.25) is 5.91 Å². The maximum Gasteiger partial charge on any atom is 1.00 e. The normalized spacial score (nSPS) is 11.2. The Morgan fingerprint density at radius 2 is 1.86 bits per heavy atom. The monoisotopic (exact) mass is 520 g/mol. The van der Waals surface area contributed by atoms with E-state index in [4.69, 9.17) is 10.2 Å². The van der Waals surface area contributed by atoms with Crippen molar-refractivity contribution in [3.05, 3.63) is 67.0 Å². The molecule has 8 heteroatoms. The van der Waals surface area contributed by atoms with Crippen LogP contribution in [0.2, 0.25) is 0 Å². The van der Waals surface area contributed by atoms with E-state index in [0.29, 0.717) is 16.0 Å². The second kappa shape index (κ2) is 10.9. The Kier molecular flexibility index (Phi) is 9.81. The van der Waals surface area contributed by atoms with Gasteiger partial charge in [-0.2, -0.15) is 0 Å². The summed E-state index contributed by atoms with van der Waals surface area (Å²) < 4.78 is 19.9. The second-order valence-electron chi connectivity index (χ2n) is 5.82. The van der Waals surface area contributed by atoms with Gasteiger partial charge in [-0.3, -0.25) is 9.59 Å². The maximum atomic E-state index is 14.4. The molecule has 2 amide bonds. The summed E-state index contributed by atoms with van der Waals surface area (Å²) in [6.07, 6.45) is 0. The number of carbonyl (C=O) groups excluding carboxylic acids is 2. The molecule has 5 nitrogen and oxygen atoms in total. The third-order valence-corrected chi connectivity index (χ3v) is 4.93. The van der Waals surface area contributed by atoms with Gasteiger partial charge in [0.15, 0.2) is 0 Å². The summed E-state index contributed by atoms with van der Waals surface area (Å²) in [6, 6.07) is 11.4. The molecule has 2 aromatic carbocycles. The third kappa shape index (κ3) is 5.65. The van der Waals surface area contributed by atoms with Crippen molar-refractivity contribution in [3.8, 4) is 0 Å². The largest absolute Gasteiger partial charge is 1.00 e. The zero-order valence-electron chi connectivity index (χ0n) is 16.2. The molecule has 0 aliphatic heterocycles. The quantitative estimate of drug-likeness (QED) is 0.494. The minimum atomic E-state index is -0.828.